The van der Waals surface area contributed by atoms with Crippen LogP contribution in [0.1, 0.15) is 24.2 Å². The molecule has 1 aromatic heterocycles. The molecule has 1 unspecified atom stereocenters. The second-order valence-corrected chi connectivity index (χ2v) is 4.52. The largest absolute Gasteiger partial charge is 0.384 e. The zero-order valence-corrected chi connectivity index (χ0v) is 11.0. The van der Waals surface area contributed by atoms with Gasteiger partial charge in [0.15, 0.2) is 0 Å². The quantitative estimate of drug-likeness (QED) is 0.896. The smallest absolute Gasteiger partial charge is 0.107 e. The maximum absolute atomic E-state index is 10.3. The Morgan fingerprint density at radius 1 is 1.33 bits per heavy atom. The van der Waals surface area contributed by atoms with E-state index in [0.717, 1.165) is 23.4 Å². The highest BCUT2D eigenvalue weighted by Crippen LogP contribution is 2.24. The van der Waals surface area contributed by atoms with Gasteiger partial charge in [0.1, 0.15) is 6.10 Å². The molecule has 0 aliphatic heterocycles. The maximum atomic E-state index is 10.3. The van der Waals surface area contributed by atoms with Crippen molar-refractivity contribution in [3.8, 4) is 0 Å². The van der Waals surface area contributed by atoms with E-state index in [2.05, 4.69) is 5.10 Å². The molecule has 0 aliphatic rings. The van der Waals surface area contributed by atoms with E-state index in [9.17, 15) is 5.11 Å². The Kier molecular flexibility index (Phi) is 3.67. The van der Waals surface area contributed by atoms with Crippen LogP contribution < -0.4 is 4.90 Å². The number of aliphatic hydroxyl groups excluding tert-OH is 1. The SMILES string of the molecule is CCn1cc(C(O)c2cccc(N(C)C)c2)cn1. The lowest BCUT2D eigenvalue weighted by atomic mass is 10.0. The highest BCUT2D eigenvalue weighted by atomic mass is 16.3. The molecule has 0 fully saturated rings. The third-order valence-electron chi connectivity index (χ3n) is 3.00. The predicted octanol–water partition coefficient (Wildman–Crippen LogP) is 2.05. The van der Waals surface area contributed by atoms with E-state index >= 15 is 0 Å². The summed E-state index contributed by atoms with van der Waals surface area (Å²) in [7, 11) is 3.97. The number of rotatable bonds is 4. The van der Waals surface area contributed by atoms with E-state index in [0.29, 0.717) is 0 Å². The summed E-state index contributed by atoms with van der Waals surface area (Å²) in [6.45, 7) is 2.83. The minimum absolute atomic E-state index is 0.620. The van der Waals surface area contributed by atoms with Gasteiger partial charge < -0.3 is 10.0 Å². The van der Waals surface area contributed by atoms with E-state index in [1.54, 1.807) is 6.20 Å². The summed E-state index contributed by atoms with van der Waals surface area (Å²) in [4.78, 5) is 2.02. The lowest BCUT2D eigenvalue weighted by Gasteiger charge is -2.15. The van der Waals surface area contributed by atoms with E-state index < -0.39 is 6.10 Å². The fraction of sp³-hybridized carbons (Fsp3) is 0.357. The second-order valence-electron chi connectivity index (χ2n) is 4.52. The fourth-order valence-corrected chi connectivity index (χ4v) is 1.86. The highest BCUT2D eigenvalue weighted by molar-refractivity contribution is 5.48. The second kappa shape index (κ2) is 5.23. The Labute approximate surface area is 107 Å². The molecule has 4 nitrogen and oxygen atoms in total. The Morgan fingerprint density at radius 2 is 2.11 bits per heavy atom. The summed E-state index contributed by atoms with van der Waals surface area (Å²) < 4.78 is 1.81. The first-order chi connectivity index (χ1) is 8.61. The summed E-state index contributed by atoms with van der Waals surface area (Å²) in [5, 5.41) is 14.5. The van der Waals surface area contributed by atoms with Crippen molar-refractivity contribution in [3.05, 3.63) is 47.8 Å². The summed E-state index contributed by atoms with van der Waals surface area (Å²) in [5.41, 5.74) is 2.79. The van der Waals surface area contributed by atoms with Gasteiger partial charge in [0.2, 0.25) is 0 Å². The molecule has 0 saturated heterocycles. The first-order valence-corrected chi connectivity index (χ1v) is 6.09. The van der Waals surface area contributed by atoms with Crippen molar-refractivity contribution in [3.63, 3.8) is 0 Å². The van der Waals surface area contributed by atoms with Crippen LogP contribution in [0, 0.1) is 0 Å². The summed E-state index contributed by atoms with van der Waals surface area (Å²) in [6, 6.07) is 7.90. The zero-order chi connectivity index (χ0) is 13.1. The molecule has 4 heteroatoms. The molecule has 0 radical (unpaired) electrons. The molecule has 0 saturated carbocycles. The van der Waals surface area contributed by atoms with Crippen LogP contribution in [-0.4, -0.2) is 29.0 Å². The summed E-state index contributed by atoms with van der Waals surface area (Å²) in [5.74, 6) is 0. The number of hydrogen-bond donors (Lipinski definition) is 1. The van der Waals surface area contributed by atoms with Gasteiger partial charge >= 0.3 is 0 Å². The van der Waals surface area contributed by atoms with Crippen molar-refractivity contribution in [1.29, 1.82) is 0 Å². The van der Waals surface area contributed by atoms with Crippen molar-refractivity contribution in [2.75, 3.05) is 19.0 Å². The van der Waals surface area contributed by atoms with E-state index in [1.165, 1.54) is 0 Å². The van der Waals surface area contributed by atoms with Gasteiger partial charge in [0.25, 0.3) is 0 Å². The van der Waals surface area contributed by atoms with Gasteiger partial charge in [-0.05, 0) is 24.6 Å². The molecule has 18 heavy (non-hydrogen) atoms. The molecule has 96 valence electrons. The number of aliphatic hydroxyl groups is 1. The standard InChI is InChI=1S/C14H19N3O/c1-4-17-10-12(9-15-17)14(18)11-6-5-7-13(8-11)16(2)3/h5-10,14,18H,4H2,1-3H3. The Morgan fingerprint density at radius 3 is 2.72 bits per heavy atom. The molecule has 0 aliphatic carbocycles. The minimum atomic E-state index is -0.620. The average Bonchev–Trinajstić information content (AvgIpc) is 2.86. The third kappa shape index (κ3) is 2.54. The summed E-state index contributed by atoms with van der Waals surface area (Å²) >= 11 is 0. The van der Waals surface area contributed by atoms with E-state index in [-0.39, 0.29) is 0 Å². The van der Waals surface area contributed by atoms with Crippen LogP contribution >= 0.6 is 0 Å². The van der Waals surface area contributed by atoms with Crippen molar-refractivity contribution in [1.82, 2.24) is 9.78 Å². The van der Waals surface area contributed by atoms with Crippen LogP contribution in [0.2, 0.25) is 0 Å². The molecule has 2 rings (SSSR count). The lowest BCUT2D eigenvalue weighted by molar-refractivity contribution is 0.220. The van der Waals surface area contributed by atoms with Gasteiger partial charge in [0.05, 0.1) is 6.20 Å². The van der Waals surface area contributed by atoms with Gasteiger partial charge in [-0.2, -0.15) is 5.10 Å². The molecule has 1 atom stereocenters. The number of anilines is 1. The van der Waals surface area contributed by atoms with Crippen LogP contribution in [0.5, 0.6) is 0 Å². The van der Waals surface area contributed by atoms with Gasteiger partial charge in [-0.15, -0.1) is 0 Å². The number of aromatic nitrogens is 2. The lowest BCUT2D eigenvalue weighted by Crippen LogP contribution is -2.09. The van der Waals surface area contributed by atoms with Gasteiger partial charge in [0, 0.05) is 38.1 Å². The minimum Gasteiger partial charge on any atom is -0.384 e. The van der Waals surface area contributed by atoms with Gasteiger partial charge in [-0.25, -0.2) is 0 Å². The normalized spacial score (nSPS) is 12.4. The van der Waals surface area contributed by atoms with Crippen molar-refractivity contribution in [2.45, 2.75) is 19.6 Å². The topological polar surface area (TPSA) is 41.3 Å². The predicted molar refractivity (Wildman–Crippen MR) is 72.7 cm³/mol. The molecule has 1 N–H and O–H groups in total. The average molecular weight is 245 g/mol. The Bertz CT molecular complexity index is 519. The van der Waals surface area contributed by atoms with E-state index in [1.807, 2.05) is 61.1 Å². The van der Waals surface area contributed by atoms with Crippen molar-refractivity contribution >= 4 is 5.69 Å². The molecule has 0 spiro atoms. The fourth-order valence-electron chi connectivity index (χ4n) is 1.86. The van der Waals surface area contributed by atoms with Crippen molar-refractivity contribution < 1.29 is 5.11 Å². The first kappa shape index (κ1) is 12.6. The van der Waals surface area contributed by atoms with Crippen LogP contribution in [0.3, 0.4) is 0 Å². The first-order valence-electron chi connectivity index (χ1n) is 6.09. The molecule has 2 aromatic rings. The molecule has 1 aromatic carbocycles. The highest BCUT2D eigenvalue weighted by Gasteiger charge is 2.13. The van der Waals surface area contributed by atoms with Crippen LogP contribution in [0.4, 0.5) is 5.69 Å². The molecule has 0 amide bonds. The Balaban J connectivity index is 2.27. The molecule has 0 bridgehead atoms. The summed E-state index contributed by atoms with van der Waals surface area (Å²) in [6.07, 6.45) is 2.98. The Hall–Kier alpha value is -1.81. The number of benzene rings is 1. The third-order valence-corrected chi connectivity index (χ3v) is 3.00. The van der Waals surface area contributed by atoms with Gasteiger partial charge in [-0.3, -0.25) is 4.68 Å². The van der Waals surface area contributed by atoms with Crippen LogP contribution in [0.25, 0.3) is 0 Å². The number of aryl methyl sites for hydroxylation is 1. The monoisotopic (exact) mass is 245 g/mol. The van der Waals surface area contributed by atoms with Gasteiger partial charge in [-0.1, -0.05) is 12.1 Å². The molecular formula is C14H19N3O. The van der Waals surface area contributed by atoms with E-state index in [4.69, 9.17) is 0 Å². The molecule has 1 heterocycles. The zero-order valence-electron chi connectivity index (χ0n) is 11.0. The van der Waals surface area contributed by atoms with Crippen molar-refractivity contribution in [2.24, 2.45) is 0 Å². The maximum Gasteiger partial charge on any atom is 0.107 e. The number of hydrogen-bond acceptors (Lipinski definition) is 3. The van der Waals surface area contributed by atoms with Crippen LogP contribution in [0.15, 0.2) is 36.7 Å². The van der Waals surface area contributed by atoms with Crippen LogP contribution in [-0.2, 0) is 6.54 Å². The molecular weight excluding hydrogens is 226 g/mol. The number of nitrogens with zero attached hydrogens (tertiary/aromatic N) is 3.